The fourth-order valence-electron chi connectivity index (χ4n) is 2.96. The van der Waals surface area contributed by atoms with Crippen molar-refractivity contribution in [1.82, 2.24) is 9.62 Å². The van der Waals surface area contributed by atoms with Gasteiger partial charge in [0, 0.05) is 38.4 Å². The summed E-state index contributed by atoms with van der Waals surface area (Å²) < 4.78 is 33.0. The number of rotatable bonds is 4. The van der Waals surface area contributed by atoms with Crippen LogP contribution in [0.15, 0.2) is 21.7 Å². The zero-order chi connectivity index (χ0) is 14.0. The summed E-state index contributed by atoms with van der Waals surface area (Å²) in [6, 6.07) is 4.00. The van der Waals surface area contributed by atoms with Crippen molar-refractivity contribution in [3.8, 4) is 0 Å². The first-order valence-corrected chi connectivity index (χ1v) is 9.39. The number of sulfonamides is 1. The van der Waals surface area contributed by atoms with E-state index in [0.29, 0.717) is 10.3 Å². The van der Waals surface area contributed by atoms with Crippen LogP contribution in [0.3, 0.4) is 0 Å². The monoisotopic (exact) mass is 316 g/mol. The number of ether oxygens (including phenoxy) is 1. The molecule has 112 valence electrons. The molecule has 0 aliphatic carbocycles. The Hall–Kier alpha value is -0.470. The van der Waals surface area contributed by atoms with E-state index < -0.39 is 10.0 Å². The molecule has 1 N–H and O–H groups in total. The fourth-order valence-corrected chi connectivity index (χ4v) is 5.23. The molecular formula is C13H20N2O3S2. The molecule has 0 spiro atoms. The number of nitrogens with one attached hydrogen (secondary N) is 1. The van der Waals surface area contributed by atoms with E-state index in [0.717, 1.165) is 45.6 Å². The lowest BCUT2D eigenvalue weighted by Crippen LogP contribution is -2.41. The van der Waals surface area contributed by atoms with Crippen molar-refractivity contribution in [3.05, 3.63) is 17.5 Å². The van der Waals surface area contributed by atoms with E-state index in [-0.39, 0.29) is 6.04 Å². The van der Waals surface area contributed by atoms with Gasteiger partial charge in [-0.15, -0.1) is 11.3 Å². The highest BCUT2D eigenvalue weighted by Gasteiger charge is 2.31. The molecule has 1 aromatic heterocycles. The number of hydrogen-bond acceptors (Lipinski definition) is 5. The normalized spacial score (nSPS) is 26.1. The largest absolute Gasteiger partial charge is 0.381 e. The molecule has 2 aliphatic heterocycles. The fraction of sp³-hybridized carbons (Fsp3) is 0.692. The lowest BCUT2D eigenvalue weighted by molar-refractivity contribution is 0.0418. The molecule has 0 saturated carbocycles. The Morgan fingerprint density at radius 3 is 2.80 bits per heavy atom. The maximum Gasteiger partial charge on any atom is 0.250 e. The molecule has 5 nitrogen and oxygen atoms in total. The second-order valence-corrected chi connectivity index (χ2v) is 8.27. The molecule has 1 atom stereocenters. The molecular weight excluding hydrogens is 296 g/mol. The quantitative estimate of drug-likeness (QED) is 0.909. The van der Waals surface area contributed by atoms with Crippen LogP contribution in [0.1, 0.15) is 19.3 Å². The number of thiophene rings is 1. The van der Waals surface area contributed by atoms with Crippen LogP contribution in [0.4, 0.5) is 0 Å². The number of likely N-dealkylation sites (tertiary alicyclic amines) is 1. The van der Waals surface area contributed by atoms with Gasteiger partial charge in [-0.1, -0.05) is 6.07 Å². The highest BCUT2D eigenvalue weighted by Crippen LogP contribution is 2.22. The Kier molecular flexibility index (Phi) is 4.42. The van der Waals surface area contributed by atoms with Crippen molar-refractivity contribution in [3.63, 3.8) is 0 Å². The minimum Gasteiger partial charge on any atom is -0.381 e. The molecule has 7 heteroatoms. The van der Waals surface area contributed by atoms with Gasteiger partial charge in [-0.25, -0.2) is 13.1 Å². The number of hydrogen-bond donors (Lipinski definition) is 1. The van der Waals surface area contributed by atoms with Crippen LogP contribution in [0.5, 0.6) is 0 Å². The molecule has 3 heterocycles. The summed E-state index contributed by atoms with van der Waals surface area (Å²) in [5.74, 6) is 0. The van der Waals surface area contributed by atoms with E-state index in [4.69, 9.17) is 4.74 Å². The van der Waals surface area contributed by atoms with Crippen LogP contribution >= 0.6 is 11.3 Å². The topological polar surface area (TPSA) is 58.6 Å². The molecule has 0 amide bonds. The first-order valence-electron chi connectivity index (χ1n) is 7.03. The van der Waals surface area contributed by atoms with Gasteiger partial charge in [0.1, 0.15) is 4.21 Å². The van der Waals surface area contributed by atoms with Gasteiger partial charge in [-0.3, -0.25) is 4.90 Å². The SMILES string of the molecule is O=S(=O)(NC1CCN(C2CCOCC2)C1)c1cccs1. The third-order valence-electron chi connectivity index (χ3n) is 4.01. The number of nitrogens with zero attached hydrogens (tertiary/aromatic N) is 1. The third kappa shape index (κ3) is 3.23. The minimum absolute atomic E-state index is 0.0324. The Morgan fingerprint density at radius 2 is 2.10 bits per heavy atom. The van der Waals surface area contributed by atoms with E-state index in [2.05, 4.69) is 9.62 Å². The molecule has 0 radical (unpaired) electrons. The van der Waals surface area contributed by atoms with Crippen LogP contribution in [0, 0.1) is 0 Å². The average molecular weight is 316 g/mol. The average Bonchev–Trinajstić information content (AvgIpc) is 3.10. The van der Waals surface area contributed by atoms with Crippen LogP contribution in [0.25, 0.3) is 0 Å². The van der Waals surface area contributed by atoms with Crippen LogP contribution in [0.2, 0.25) is 0 Å². The van der Waals surface area contributed by atoms with Crippen molar-refractivity contribution in [2.45, 2.75) is 35.6 Å². The summed E-state index contributed by atoms with van der Waals surface area (Å²) in [7, 11) is -3.34. The van der Waals surface area contributed by atoms with Gasteiger partial charge in [0.25, 0.3) is 0 Å². The maximum absolute atomic E-state index is 12.2. The molecule has 2 aliphatic rings. The van der Waals surface area contributed by atoms with E-state index in [1.54, 1.807) is 17.5 Å². The van der Waals surface area contributed by atoms with Crippen molar-refractivity contribution in [1.29, 1.82) is 0 Å². The molecule has 1 aromatic rings. The van der Waals surface area contributed by atoms with Crippen molar-refractivity contribution >= 4 is 21.4 Å². The van der Waals surface area contributed by atoms with Gasteiger partial charge >= 0.3 is 0 Å². The lowest BCUT2D eigenvalue weighted by Gasteiger charge is -2.31. The van der Waals surface area contributed by atoms with Gasteiger partial charge in [0.15, 0.2) is 0 Å². The third-order valence-corrected chi connectivity index (χ3v) is 6.93. The molecule has 2 saturated heterocycles. The van der Waals surface area contributed by atoms with Crippen LogP contribution in [-0.4, -0.2) is 51.7 Å². The predicted octanol–water partition coefficient (Wildman–Crippen LogP) is 1.28. The highest BCUT2D eigenvalue weighted by molar-refractivity contribution is 7.91. The van der Waals surface area contributed by atoms with Gasteiger partial charge in [-0.05, 0) is 30.7 Å². The van der Waals surface area contributed by atoms with Gasteiger partial charge in [-0.2, -0.15) is 0 Å². The second kappa shape index (κ2) is 6.11. The zero-order valence-corrected chi connectivity index (χ0v) is 13.0. The summed E-state index contributed by atoms with van der Waals surface area (Å²) in [4.78, 5) is 2.41. The van der Waals surface area contributed by atoms with Gasteiger partial charge < -0.3 is 4.74 Å². The predicted molar refractivity (Wildman–Crippen MR) is 78.5 cm³/mol. The first kappa shape index (κ1) is 14.5. The second-order valence-electron chi connectivity index (χ2n) is 5.38. The Bertz CT molecular complexity index is 524. The van der Waals surface area contributed by atoms with Crippen LogP contribution < -0.4 is 4.72 Å². The summed E-state index contributed by atoms with van der Waals surface area (Å²) in [5.41, 5.74) is 0. The van der Waals surface area contributed by atoms with Crippen molar-refractivity contribution in [2.24, 2.45) is 0 Å². The Labute approximate surface area is 124 Å². The molecule has 1 unspecified atom stereocenters. The van der Waals surface area contributed by atoms with Crippen molar-refractivity contribution in [2.75, 3.05) is 26.3 Å². The van der Waals surface area contributed by atoms with Gasteiger partial charge in [0.05, 0.1) is 0 Å². The Morgan fingerprint density at radius 1 is 1.30 bits per heavy atom. The first-order chi connectivity index (χ1) is 9.65. The maximum atomic E-state index is 12.2. The van der Waals surface area contributed by atoms with E-state index in [1.165, 1.54) is 11.3 Å². The summed E-state index contributed by atoms with van der Waals surface area (Å²) in [6.45, 7) is 3.44. The van der Waals surface area contributed by atoms with E-state index in [9.17, 15) is 8.42 Å². The molecule has 20 heavy (non-hydrogen) atoms. The minimum atomic E-state index is -3.34. The highest BCUT2D eigenvalue weighted by atomic mass is 32.2. The smallest absolute Gasteiger partial charge is 0.250 e. The van der Waals surface area contributed by atoms with Crippen LogP contribution in [-0.2, 0) is 14.8 Å². The Balaban J connectivity index is 1.57. The molecule has 3 rings (SSSR count). The standard InChI is InChI=1S/C13H20N2O3S2/c16-20(17,13-2-1-9-19-13)14-11-3-6-15(10-11)12-4-7-18-8-5-12/h1-2,9,11-12,14H,3-8,10H2. The summed E-state index contributed by atoms with van der Waals surface area (Å²) in [6.07, 6.45) is 3.01. The zero-order valence-electron chi connectivity index (χ0n) is 11.3. The summed E-state index contributed by atoms with van der Waals surface area (Å²) >= 11 is 1.26. The van der Waals surface area contributed by atoms with Crippen molar-refractivity contribution < 1.29 is 13.2 Å². The summed E-state index contributed by atoms with van der Waals surface area (Å²) in [5, 5.41) is 1.79. The van der Waals surface area contributed by atoms with Gasteiger partial charge in [0.2, 0.25) is 10.0 Å². The molecule has 2 fully saturated rings. The van der Waals surface area contributed by atoms with E-state index in [1.807, 2.05) is 0 Å². The van der Waals surface area contributed by atoms with E-state index >= 15 is 0 Å². The molecule has 0 bridgehead atoms. The lowest BCUT2D eigenvalue weighted by atomic mass is 10.1. The molecule has 0 aromatic carbocycles.